The molecule has 0 aromatic heterocycles. The second-order valence-corrected chi connectivity index (χ2v) is 6.40. The molecule has 1 saturated carbocycles. The van der Waals surface area contributed by atoms with Crippen LogP contribution in [0, 0.1) is 5.41 Å². The van der Waals surface area contributed by atoms with E-state index in [1.807, 2.05) is 24.3 Å². The Kier molecular flexibility index (Phi) is 4.96. The molecular formula is C18H23NO6. The van der Waals surface area contributed by atoms with Gasteiger partial charge in [-0.2, -0.15) is 5.06 Å². The first kappa shape index (κ1) is 17.7. The zero-order valence-electron chi connectivity index (χ0n) is 14.7. The highest BCUT2D eigenvalue weighted by atomic mass is 16.7. The molecule has 2 unspecified atom stereocenters. The summed E-state index contributed by atoms with van der Waals surface area (Å²) in [6, 6.07) is 7.18. The van der Waals surface area contributed by atoms with Gasteiger partial charge in [0.15, 0.2) is 5.41 Å². The zero-order valence-corrected chi connectivity index (χ0v) is 14.7. The SMILES string of the molecule is COC(=O)C1(C(=O)OC)CC2CCC1N(Cc1ccc(OC)cc1)O2. The molecule has 7 nitrogen and oxygen atoms in total. The predicted octanol–water partition coefficient (Wildman–Crippen LogP) is 1.70. The fourth-order valence-electron chi connectivity index (χ4n) is 3.88. The first-order chi connectivity index (χ1) is 12.0. The summed E-state index contributed by atoms with van der Waals surface area (Å²) in [5, 5.41) is 1.73. The van der Waals surface area contributed by atoms with E-state index < -0.39 is 23.4 Å². The van der Waals surface area contributed by atoms with Crippen LogP contribution in [-0.2, 0) is 30.4 Å². The smallest absolute Gasteiger partial charge is 0.325 e. The average molecular weight is 349 g/mol. The molecule has 1 aromatic rings. The van der Waals surface area contributed by atoms with Crippen molar-refractivity contribution >= 4 is 11.9 Å². The van der Waals surface area contributed by atoms with Gasteiger partial charge in [-0.25, -0.2) is 0 Å². The van der Waals surface area contributed by atoms with Crippen molar-refractivity contribution in [2.24, 2.45) is 5.41 Å². The van der Waals surface area contributed by atoms with Crippen molar-refractivity contribution in [2.75, 3.05) is 21.3 Å². The third-order valence-electron chi connectivity index (χ3n) is 5.11. The van der Waals surface area contributed by atoms with Crippen LogP contribution in [0.5, 0.6) is 5.75 Å². The van der Waals surface area contributed by atoms with Crippen LogP contribution < -0.4 is 4.74 Å². The lowest BCUT2D eigenvalue weighted by Gasteiger charge is -2.52. The maximum atomic E-state index is 12.5. The summed E-state index contributed by atoms with van der Waals surface area (Å²) in [6.07, 6.45) is 1.56. The first-order valence-electron chi connectivity index (χ1n) is 8.28. The maximum Gasteiger partial charge on any atom is 0.325 e. The molecule has 3 aliphatic rings. The number of esters is 2. The lowest BCUT2D eigenvalue weighted by atomic mass is 9.67. The molecule has 1 aromatic carbocycles. The largest absolute Gasteiger partial charge is 0.497 e. The summed E-state index contributed by atoms with van der Waals surface area (Å²) in [6.45, 7) is 0.459. The van der Waals surface area contributed by atoms with E-state index in [1.54, 1.807) is 12.2 Å². The molecule has 0 amide bonds. The van der Waals surface area contributed by atoms with E-state index in [4.69, 9.17) is 19.0 Å². The van der Waals surface area contributed by atoms with Crippen LogP contribution in [0.4, 0.5) is 0 Å². The van der Waals surface area contributed by atoms with Crippen LogP contribution in [0.3, 0.4) is 0 Å². The number of fused-ring (bicyclic) bond motifs is 3. The normalized spacial score (nSPS) is 24.6. The van der Waals surface area contributed by atoms with Crippen LogP contribution in [-0.4, -0.2) is 50.5 Å². The number of ether oxygens (including phenoxy) is 3. The molecule has 2 saturated heterocycles. The number of carbonyl (C=O) groups is 2. The van der Waals surface area contributed by atoms with Gasteiger partial charge >= 0.3 is 11.9 Å². The van der Waals surface area contributed by atoms with Crippen LogP contribution >= 0.6 is 0 Å². The van der Waals surface area contributed by atoms with E-state index in [1.165, 1.54) is 14.2 Å². The Labute approximate surface area is 146 Å². The van der Waals surface area contributed by atoms with Crippen LogP contribution in [0.25, 0.3) is 0 Å². The van der Waals surface area contributed by atoms with Crippen LogP contribution in [0.2, 0.25) is 0 Å². The van der Waals surface area contributed by atoms with Gasteiger partial charge in [-0.3, -0.25) is 14.4 Å². The molecule has 3 fully saturated rings. The lowest BCUT2D eigenvalue weighted by molar-refractivity contribution is -0.313. The van der Waals surface area contributed by atoms with Gasteiger partial charge in [-0.05, 0) is 30.5 Å². The Morgan fingerprint density at radius 1 is 1.12 bits per heavy atom. The summed E-state index contributed by atoms with van der Waals surface area (Å²) in [7, 11) is 4.21. The number of carbonyl (C=O) groups excluding carboxylic acids is 2. The van der Waals surface area contributed by atoms with E-state index in [0.29, 0.717) is 13.0 Å². The van der Waals surface area contributed by atoms with Gasteiger partial charge in [0.2, 0.25) is 0 Å². The molecule has 2 atom stereocenters. The standard InChI is InChI=1S/C18H23NO6/c1-22-13-6-4-12(5-7-13)11-19-15-9-8-14(25-19)10-18(15,16(20)23-2)17(21)24-3/h4-7,14-15H,8-11H2,1-3H3. The van der Waals surface area contributed by atoms with Crippen molar-refractivity contribution in [2.45, 2.75) is 38.0 Å². The lowest BCUT2D eigenvalue weighted by Crippen LogP contribution is -2.65. The van der Waals surface area contributed by atoms with E-state index in [9.17, 15) is 9.59 Å². The second kappa shape index (κ2) is 7.01. The molecule has 4 rings (SSSR count). The highest BCUT2D eigenvalue weighted by molar-refractivity contribution is 6.01. The van der Waals surface area contributed by atoms with Crippen LogP contribution in [0.1, 0.15) is 24.8 Å². The highest BCUT2D eigenvalue weighted by Gasteiger charge is 2.63. The topological polar surface area (TPSA) is 74.3 Å². The Bertz CT molecular complexity index is 627. The van der Waals surface area contributed by atoms with E-state index in [0.717, 1.165) is 17.7 Å². The third kappa shape index (κ3) is 2.98. The molecule has 0 radical (unpaired) electrons. The number of hydrogen-bond acceptors (Lipinski definition) is 7. The second-order valence-electron chi connectivity index (χ2n) is 6.40. The molecule has 2 aliphatic heterocycles. The summed E-state index contributed by atoms with van der Waals surface area (Å²) < 4.78 is 15.1. The number of methoxy groups -OCH3 is 3. The molecule has 1 aliphatic carbocycles. The fourth-order valence-corrected chi connectivity index (χ4v) is 3.88. The van der Waals surface area contributed by atoms with Crippen molar-refractivity contribution in [3.63, 3.8) is 0 Å². The quantitative estimate of drug-likeness (QED) is 0.591. The van der Waals surface area contributed by atoms with Gasteiger partial charge in [-0.15, -0.1) is 0 Å². The number of rotatable bonds is 5. The van der Waals surface area contributed by atoms with Gasteiger partial charge in [-0.1, -0.05) is 12.1 Å². The molecule has 7 heteroatoms. The van der Waals surface area contributed by atoms with Gasteiger partial charge < -0.3 is 14.2 Å². The summed E-state index contributed by atoms with van der Waals surface area (Å²) in [5.74, 6) is -0.350. The van der Waals surface area contributed by atoms with Gasteiger partial charge in [0, 0.05) is 13.0 Å². The number of nitrogens with zero attached hydrogens (tertiary/aromatic N) is 1. The number of hydroxylamine groups is 2. The van der Waals surface area contributed by atoms with Crippen molar-refractivity contribution < 1.29 is 28.6 Å². The number of hydrogen-bond donors (Lipinski definition) is 0. The third-order valence-corrected chi connectivity index (χ3v) is 5.11. The number of benzene rings is 1. The monoisotopic (exact) mass is 349 g/mol. The highest BCUT2D eigenvalue weighted by Crippen LogP contribution is 2.47. The van der Waals surface area contributed by atoms with Gasteiger partial charge in [0.05, 0.1) is 33.5 Å². The van der Waals surface area contributed by atoms with Gasteiger partial charge in [0.1, 0.15) is 5.75 Å². The van der Waals surface area contributed by atoms with Crippen molar-refractivity contribution in [3.8, 4) is 5.75 Å². The Balaban J connectivity index is 1.88. The van der Waals surface area contributed by atoms with E-state index >= 15 is 0 Å². The molecule has 2 bridgehead atoms. The summed E-state index contributed by atoms with van der Waals surface area (Å²) in [5.41, 5.74) is -0.339. The Hall–Kier alpha value is -2.12. The van der Waals surface area contributed by atoms with E-state index in [2.05, 4.69) is 0 Å². The summed E-state index contributed by atoms with van der Waals surface area (Å²) >= 11 is 0. The fraction of sp³-hybridized carbons (Fsp3) is 0.556. The van der Waals surface area contributed by atoms with Gasteiger partial charge in [0.25, 0.3) is 0 Å². The van der Waals surface area contributed by atoms with E-state index in [-0.39, 0.29) is 12.5 Å². The zero-order chi connectivity index (χ0) is 18.0. The minimum absolute atomic E-state index is 0.207. The Morgan fingerprint density at radius 2 is 1.76 bits per heavy atom. The predicted molar refractivity (Wildman–Crippen MR) is 87.5 cm³/mol. The molecular weight excluding hydrogens is 326 g/mol. The minimum Gasteiger partial charge on any atom is -0.497 e. The molecule has 136 valence electrons. The molecule has 0 N–H and O–H groups in total. The molecule has 25 heavy (non-hydrogen) atoms. The summed E-state index contributed by atoms with van der Waals surface area (Å²) in [4.78, 5) is 31.1. The molecule has 2 heterocycles. The first-order valence-corrected chi connectivity index (χ1v) is 8.28. The van der Waals surface area contributed by atoms with Crippen molar-refractivity contribution in [3.05, 3.63) is 29.8 Å². The van der Waals surface area contributed by atoms with Crippen molar-refractivity contribution in [1.29, 1.82) is 0 Å². The van der Waals surface area contributed by atoms with Crippen molar-refractivity contribution in [1.82, 2.24) is 5.06 Å². The van der Waals surface area contributed by atoms with Crippen LogP contribution in [0.15, 0.2) is 24.3 Å². The Morgan fingerprint density at radius 3 is 2.28 bits per heavy atom. The molecule has 0 spiro atoms. The minimum atomic E-state index is -1.34. The average Bonchev–Trinajstić information content (AvgIpc) is 2.67. The maximum absolute atomic E-state index is 12.5.